The molecule has 0 amide bonds. The summed E-state index contributed by atoms with van der Waals surface area (Å²) in [5, 5.41) is 0.776. The number of hydrogen-bond acceptors (Lipinski definition) is 3. The molecule has 112 valence electrons. The summed E-state index contributed by atoms with van der Waals surface area (Å²) < 4.78 is 25.2. The second-order valence-corrected chi connectivity index (χ2v) is 4.73. The number of rotatable bonds is 3. The van der Waals surface area contributed by atoms with E-state index in [1.54, 1.807) is 24.3 Å². The summed E-state index contributed by atoms with van der Waals surface area (Å²) in [5.41, 5.74) is 2.07. The predicted octanol–water partition coefficient (Wildman–Crippen LogP) is 3.56. The van der Waals surface area contributed by atoms with Crippen LogP contribution in [0.5, 0.6) is 5.75 Å². The lowest BCUT2D eigenvalue weighted by Gasteiger charge is -2.09. The molecule has 0 aliphatic rings. The van der Waals surface area contributed by atoms with Crippen LogP contribution in [0.25, 0.3) is 16.6 Å². The number of fused-ring (bicyclic) bond motifs is 1. The van der Waals surface area contributed by atoms with E-state index in [0.29, 0.717) is 5.56 Å². The lowest BCUT2D eigenvalue weighted by Crippen LogP contribution is -2.01. The normalized spacial score (nSPS) is 10.7. The highest BCUT2D eigenvalue weighted by atomic mass is 19.1. The van der Waals surface area contributed by atoms with Gasteiger partial charge in [0.25, 0.3) is 0 Å². The first kappa shape index (κ1) is 14.1. The Kier molecular flexibility index (Phi) is 3.55. The van der Waals surface area contributed by atoms with Crippen LogP contribution in [0.2, 0.25) is 0 Å². The zero-order valence-corrected chi connectivity index (χ0v) is 12.2. The number of carbonyl (C=O) groups is 1. The molecule has 3 aromatic rings. The van der Waals surface area contributed by atoms with Crippen molar-refractivity contribution in [2.24, 2.45) is 0 Å². The van der Waals surface area contributed by atoms with Crippen LogP contribution in [-0.2, 0) is 4.74 Å². The standard InChI is InChI=1S/C17H14FNO3/c1-21-16-10-11(6-7-14(16)18)19-9-8-12-13(17(20)22-2)4-3-5-15(12)19/h3-10H,1-2H3. The van der Waals surface area contributed by atoms with Gasteiger partial charge in [0.1, 0.15) is 0 Å². The van der Waals surface area contributed by atoms with Crippen molar-refractivity contribution in [2.45, 2.75) is 0 Å². The van der Waals surface area contributed by atoms with Gasteiger partial charge in [0.2, 0.25) is 0 Å². The molecule has 2 aromatic carbocycles. The van der Waals surface area contributed by atoms with Gasteiger partial charge >= 0.3 is 5.97 Å². The molecule has 0 bridgehead atoms. The minimum Gasteiger partial charge on any atom is -0.494 e. The smallest absolute Gasteiger partial charge is 0.338 e. The Bertz CT molecular complexity index is 854. The monoisotopic (exact) mass is 299 g/mol. The average Bonchev–Trinajstić information content (AvgIpc) is 2.98. The summed E-state index contributed by atoms with van der Waals surface area (Å²) in [5.74, 6) is -0.638. The number of ether oxygens (including phenoxy) is 2. The van der Waals surface area contributed by atoms with Crippen LogP contribution in [0, 0.1) is 5.82 Å². The van der Waals surface area contributed by atoms with E-state index >= 15 is 0 Å². The summed E-state index contributed by atoms with van der Waals surface area (Å²) >= 11 is 0. The molecule has 0 aliphatic heterocycles. The zero-order chi connectivity index (χ0) is 15.7. The van der Waals surface area contributed by atoms with Crippen molar-refractivity contribution in [3.8, 4) is 11.4 Å². The van der Waals surface area contributed by atoms with Gasteiger partial charge < -0.3 is 14.0 Å². The van der Waals surface area contributed by atoms with Crippen LogP contribution in [-0.4, -0.2) is 24.8 Å². The minimum atomic E-state index is -0.419. The maximum atomic E-state index is 13.5. The molecule has 0 saturated heterocycles. The number of nitrogens with zero attached hydrogens (tertiary/aromatic N) is 1. The molecule has 0 aliphatic carbocycles. The van der Waals surface area contributed by atoms with Gasteiger partial charge in [-0.25, -0.2) is 9.18 Å². The summed E-state index contributed by atoms with van der Waals surface area (Å²) in [6.07, 6.45) is 1.82. The minimum absolute atomic E-state index is 0.170. The molecule has 0 saturated carbocycles. The largest absolute Gasteiger partial charge is 0.494 e. The van der Waals surface area contributed by atoms with E-state index in [4.69, 9.17) is 9.47 Å². The Hall–Kier alpha value is -2.82. The topological polar surface area (TPSA) is 40.5 Å². The highest BCUT2D eigenvalue weighted by molar-refractivity contribution is 6.04. The van der Waals surface area contributed by atoms with Crippen LogP contribution in [0.1, 0.15) is 10.4 Å². The average molecular weight is 299 g/mol. The lowest BCUT2D eigenvalue weighted by atomic mass is 10.1. The fourth-order valence-corrected chi connectivity index (χ4v) is 2.48. The van der Waals surface area contributed by atoms with Crippen molar-refractivity contribution >= 4 is 16.9 Å². The molecular weight excluding hydrogens is 285 g/mol. The van der Waals surface area contributed by atoms with Crippen molar-refractivity contribution in [1.82, 2.24) is 4.57 Å². The number of aromatic nitrogens is 1. The van der Waals surface area contributed by atoms with Crippen LogP contribution >= 0.6 is 0 Å². The van der Waals surface area contributed by atoms with E-state index in [2.05, 4.69) is 0 Å². The first-order valence-corrected chi connectivity index (χ1v) is 6.68. The van der Waals surface area contributed by atoms with E-state index in [0.717, 1.165) is 16.6 Å². The molecule has 3 rings (SSSR count). The Morgan fingerprint density at radius 3 is 2.68 bits per heavy atom. The van der Waals surface area contributed by atoms with Crippen molar-refractivity contribution in [3.05, 3.63) is 60.0 Å². The van der Waals surface area contributed by atoms with Crippen molar-refractivity contribution in [2.75, 3.05) is 14.2 Å². The molecular formula is C17H14FNO3. The van der Waals surface area contributed by atoms with Crippen molar-refractivity contribution in [3.63, 3.8) is 0 Å². The van der Waals surface area contributed by atoms with Crippen LogP contribution in [0.15, 0.2) is 48.7 Å². The molecule has 0 atom stereocenters. The molecule has 0 unspecified atom stereocenters. The highest BCUT2D eigenvalue weighted by Gasteiger charge is 2.13. The van der Waals surface area contributed by atoms with E-state index < -0.39 is 5.82 Å². The number of hydrogen-bond donors (Lipinski definition) is 0. The molecule has 1 aromatic heterocycles. The molecule has 4 nitrogen and oxygen atoms in total. The molecule has 22 heavy (non-hydrogen) atoms. The maximum Gasteiger partial charge on any atom is 0.338 e. The van der Waals surface area contributed by atoms with Gasteiger partial charge in [0.15, 0.2) is 11.6 Å². The third-order valence-electron chi connectivity index (χ3n) is 3.55. The van der Waals surface area contributed by atoms with Gasteiger partial charge in [-0.1, -0.05) is 6.07 Å². The Balaban J connectivity index is 2.19. The van der Waals surface area contributed by atoms with E-state index in [-0.39, 0.29) is 11.7 Å². The fraction of sp³-hybridized carbons (Fsp3) is 0.118. The van der Waals surface area contributed by atoms with Gasteiger partial charge in [-0.05, 0) is 30.3 Å². The van der Waals surface area contributed by atoms with Crippen LogP contribution in [0.3, 0.4) is 0 Å². The molecule has 0 N–H and O–H groups in total. The highest BCUT2D eigenvalue weighted by Crippen LogP contribution is 2.27. The first-order valence-electron chi connectivity index (χ1n) is 6.68. The molecule has 5 heteroatoms. The number of benzene rings is 2. The van der Waals surface area contributed by atoms with Crippen LogP contribution < -0.4 is 4.74 Å². The first-order chi connectivity index (χ1) is 10.7. The summed E-state index contributed by atoms with van der Waals surface area (Å²) in [7, 11) is 2.77. The SMILES string of the molecule is COC(=O)c1cccc2c1ccn2-c1ccc(F)c(OC)c1. The number of halogens is 1. The van der Waals surface area contributed by atoms with E-state index in [1.807, 2.05) is 22.9 Å². The Labute approximate surface area is 126 Å². The van der Waals surface area contributed by atoms with Gasteiger partial charge in [0, 0.05) is 23.3 Å². The quantitative estimate of drug-likeness (QED) is 0.694. The van der Waals surface area contributed by atoms with Crippen LogP contribution in [0.4, 0.5) is 4.39 Å². The van der Waals surface area contributed by atoms with Crippen molar-refractivity contribution in [1.29, 1.82) is 0 Å². The third-order valence-corrected chi connectivity index (χ3v) is 3.55. The number of carbonyl (C=O) groups excluding carboxylic acids is 1. The fourth-order valence-electron chi connectivity index (χ4n) is 2.48. The number of esters is 1. The Morgan fingerprint density at radius 1 is 1.14 bits per heavy atom. The summed E-state index contributed by atoms with van der Waals surface area (Å²) in [6, 6.07) is 11.8. The van der Waals surface area contributed by atoms with E-state index in [9.17, 15) is 9.18 Å². The third kappa shape index (κ3) is 2.20. The molecule has 1 heterocycles. The van der Waals surface area contributed by atoms with E-state index in [1.165, 1.54) is 20.3 Å². The molecule has 0 spiro atoms. The van der Waals surface area contributed by atoms with Gasteiger partial charge in [-0.15, -0.1) is 0 Å². The maximum absolute atomic E-state index is 13.5. The van der Waals surface area contributed by atoms with Crippen molar-refractivity contribution < 1.29 is 18.7 Å². The summed E-state index contributed by atoms with van der Waals surface area (Å²) in [4.78, 5) is 11.8. The van der Waals surface area contributed by atoms with Gasteiger partial charge in [0.05, 0.1) is 25.3 Å². The summed E-state index contributed by atoms with van der Waals surface area (Å²) in [6.45, 7) is 0. The molecule has 0 radical (unpaired) electrons. The second kappa shape index (κ2) is 5.52. The zero-order valence-electron chi connectivity index (χ0n) is 12.2. The van der Waals surface area contributed by atoms with Gasteiger partial charge in [-0.3, -0.25) is 0 Å². The lowest BCUT2D eigenvalue weighted by molar-refractivity contribution is 0.0603. The number of methoxy groups -OCH3 is 2. The second-order valence-electron chi connectivity index (χ2n) is 4.73. The predicted molar refractivity (Wildman–Crippen MR) is 81.1 cm³/mol. The van der Waals surface area contributed by atoms with Gasteiger partial charge in [-0.2, -0.15) is 0 Å². The Morgan fingerprint density at radius 2 is 1.95 bits per heavy atom. The molecule has 0 fully saturated rings.